The molecular weight excluding hydrogens is 390 g/mol. The number of rotatable bonds is 4. The second-order valence-electron chi connectivity index (χ2n) is 5.49. The Morgan fingerprint density at radius 2 is 1.73 bits per heavy atom. The van der Waals surface area contributed by atoms with Gasteiger partial charge in [0.05, 0.1) is 0 Å². The van der Waals surface area contributed by atoms with Gasteiger partial charge in [-0.1, -0.05) is 69.8 Å². The molecule has 124 valence electrons. The Labute approximate surface area is 164 Å². The monoisotopic (exact) mass is 417 g/mol. The maximum Gasteiger partial charge on any atom is -0.147 e. The zero-order valence-electron chi connectivity index (χ0n) is 14.5. The Morgan fingerprint density at radius 3 is 2.09 bits per heavy atom. The van der Waals surface area contributed by atoms with Crippen LogP contribution in [0, 0.1) is 12.0 Å². The van der Waals surface area contributed by atoms with Crippen molar-refractivity contribution in [1.82, 2.24) is 0 Å². The van der Waals surface area contributed by atoms with E-state index >= 15 is 0 Å². The Morgan fingerprint density at radius 1 is 1.14 bits per heavy atom. The van der Waals surface area contributed by atoms with Crippen LogP contribution in [0.25, 0.3) is 0 Å². The van der Waals surface area contributed by atoms with Crippen molar-refractivity contribution in [1.29, 1.82) is 0 Å². The third kappa shape index (κ3) is 6.81. The number of hydrogen-bond donors (Lipinski definition) is 0. The Hall–Kier alpha value is 0.293. The Balaban J connectivity index is 0. The molecule has 1 atom stereocenters. The minimum absolute atomic E-state index is 0. The van der Waals surface area contributed by atoms with E-state index in [0.717, 1.165) is 19.3 Å². The van der Waals surface area contributed by atoms with Crippen molar-refractivity contribution >= 4 is 28.0 Å². The molecule has 0 aromatic rings. The first kappa shape index (κ1) is 24.5. The molecule has 0 amide bonds. The molecule has 0 bridgehead atoms. The van der Waals surface area contributed by atoms with E-state index in [0.29, 0.717) is 5.92 Å². The Bertz CT molecular complexity index is 478. The molecule has 0 heterocycles. The zero-order chi connectivity index (χ0) is 15.1. The molecule has 0 spiro atoms. The summed E-state index contributed by atoms with van der Waals surface area (Å²) >= 11 is 1.55. The second-order valence-corrected chi connectivity index (χ2v) is 7.95. The summed E-state index contributed by atoms with van der Waals surface area (Å²) in [6.45, 7) is 11.0. The van der Waals surface area contributed by atoms with E-state index in [9.17, 15) is 0 Å². The summed E-state index contributed by atoms with van der Waals surface area (Å²) in [5.74, 6) is 0.491. The largest absolute Gasteiger partial charge is 0.147 e. The molecule has 2 rings (SSSR count). The average molecular weight is 420 g/mol. The number of hydrogen-bond acceptors (Lipinski definition) is 0. The first-order chi connectivity index (χ1) is 9.54. The van der Waals surface area contributed by atoms with Crippen molar-refractivity contribution in [2.45, 2.75) is 60.3 Å². The average Bonchev–Trinajstić information content (AvgIpc) is 3.03. The van der Waals surface area contributed by atoms with E-state index in [4.69, 9.17) is 0 Å². The van der Waals surface area contributed by atoms with Crippen LogP contribution in [0.3, 0.4) is 0 Å². The van der Waals surface area contributed by atoms with Crippen molar-refractivity contribution in [2.75, 3.05) is 0 Å². The minimum Gasteiger partial charge on any atom is -0.147 e. The van der Waals surface area contributed by atoms with Crippen LogP contribution in [0.15, 0.2) is 40.5 Å². The fourth-order valence-electron chi connectivity index (χ4n) is 2.88. The van der Waals surface area contributed by atoms with Gasteiger partial charge in [0.25, 0.3) is 0 Å². The topological polar surface area (TPSA) is 0 Å². The molecule has 0 aromatic carbocycles. The van der Waals surface area contributed by atoms with Gasteiger partial charge in [0.15, 0.2) is 0 Å². The molecule has 0 nitrogen and oxygen atoms in total. The SMILES string of the molecule is CCC1=[C-]C(C2=CC=CC2)C(CC)=C1CC.C[C](C)=[Zr].Cl.Cl. The van der Waals surface area contributed by atoms with Crippen molar-refractivity contribution in [2.24, 2.45) is 5.92 Å². The molecule has 0 aliphatic heterocycles. The summed E-state index contributed by atoms with van der Waals surface area (Å²) in [6.07, 6.45) is 15.0. The van der Waals surface area contributed by atoms with Gasteiger partial charge in [0.2, 0.25) is 0 Å². The molecule has 0 saturated carbocycles. The van der Waals surface area contributed by atoms with Crippen molar-refractivity contribution < 1.29 is 24.2 Å². The predicted octanol–water partition coefficient (Wildman–Crippen LogP) is 6.35. The molecule has 0 saturated heterocycles. The summed E-state index contributed by atoms with van der Waals surface area (Å²) in [5.41, 5.74) is 6.21. The third-order valence-electron chi connectivity index (χ3n) is 3.68. The van der Waals surface area contributed by atoms with E-state index in [1.807, 2.05) is 0 Å². The Kier molecular flexibility index (Phi) is 14.2. The van der Waals surface area contributed by atoms with Gasteiger partial charge in [-0.3, -0.25) is 6.08 Å². The van der Waals surface area contributed by atoms with E-state index in [2.05, 4.69) is 58.9 Å². The molecule has 22 heavy (non-hydrogen) atoms. The second kappa shape index (κ2) is 12.7. The minimum atomic E-state index is 0. The number of allylic oxidation sites excluding steroid dienone is 8. The maximum atomic E-state index is 3.72. The third-order valence-corrected chi connectivity index (χ3v) is 3.68. The van der Waals surface area contributed by atoms with Crippen LogP contribution < -0.4 is 0 Å². The van der Waals surface area contributed by atoms with Gasteiger partial charge in [-0.05, 0) is 6.42 Å². The molecule has 1 unspecified atom stereocenters. The summed E-state index contributed by atoms with van der Waals surface area (Å²) in [6, 6.07) is 0. The van der Waals surface area contributed by atoms with Crippen LogP contribution in [-0.4, -0.2) is 3.21 Å². The van der Waals surface area contributed by atoms with Crippen LogP contribution in [0.4, 0.5) is 0 Å². The molecule has 2 aliphatic carbocycles. The summed E-state index contributed by atoms with van der Waals surface area (Å²) in [7, 11) is 0. The van der Waals surface area contributed by atoms with Gasteiger partial charge >= 0.3 is 41.3 Å². The molecule has 0 fully saturated rings. The van der Waals surface area contributed by atoms with E-state index in [1.54, 1.807) is 35.4 Å². The normalized spacial score (nSPS) is 18.6. The molecule has 2 aliphatic rings. The number of halogens is 2. The van der Waals surface area contributed by atoms with Gasteiger partial charge in [-0.25, -0.2) is 5.57 Å². The van der Waals surface area contributed by atoms with E-state index < -0.39 is 0 Å². The van der Waals surface area contributed by atoms with Crippen molar-refractivity contribution in [3.05, 3.63) is 46.6 Å². The molecule has 0 aromatic heterocycles. The van der Waals surface area contributed by atoms with Crippen LogP contribution >= 0.6 is 24.8 Å². The summed E-state index contributed by atoms with van der Waals surface area (Å²) in [5, 5.41) is 0. The van der Waals surface area contributed by atoms with Gasteiger partial charge in [-0.15, -0.1) is 24.8 Å². The maximum absolute atomic E-state index is 3.72. The fraction of sp³-hybridized carbons (Fsp3) is 0.526. The van der Waals surface area contributed by atoms with Gasteiger partial charge in [-0.2, -0.15) is 11.1 Å². The van der Waals surface area contributed by atoms with Crippen LogP contribution in [-0.2, 0) is 24.2 Å². The first-order valence-electron chi connectivity index (χ1n) is 7.77. The van der Waals surface area contributed by atoms with Crippen LogP contribution in [0.5, 0.6) is 0 Å². The van der Waals surface area contributed by atoms with Crippen molar-refractivity contribution in [3.63, 3.8) is 0 Å². The van der Waals surface area contributed by atoms with Gasteiger partial charge in [0, 0.05) is 0 Å². The summed E-state index contributed by atoms with van der Waals surface area (Å²) in [4.78, 5) is 0. The molecule has 3 heteroatoms. The van der Waals surface area contributed by atoms with Crippen LogP contribution in [0.2, 0.25) is 0 Å². The van der Waals surface area contributed by atoms with Crippen LogP contribution in [0.1, 0.15) is 60.3 Å². The van der Waals surface area contributed by atoms with E-state index in [-0.39, 0.29) is 24.8 Å². The van der Waals surface area contributed by atoms with Gasteiger partial charge < -0.3 is 0 Å². The molecule has 0 N–H and O–H groups in total. The predicted molar refractivity (Wildman–Crippen MR) is 101 cm³/mol. The molecule has 0 radical (unpaired) electrons. The molecular formula is C19H29Cl2Zr-. The van der Waals surface area contributed by atoms with Crippen molar-refractivity contribution in [3.8, 4) is 0 Å². The quantitative estimate of drug-likeness (QED) is 0.466. The van der Waals surface area contributed by atoms with E-state index in [1.165, 1.54) is 20.8 Å². The summed E-state index contributed by atoms with van der Waals surface area (Å²) < 4.78 is 1.51. The zero-order valence-corrected chi connectivity index (χ0v) is 18.5. The standard InChI is InChI=1S/C16H21.C3H6.2ClH.Zr/c1-4-12-11-16(13-9-7-8-10-13)15(6-3)14(12)5-2;1-3-2;;;/h7-9,16H,4-6,10H2,1-3H3;1-2H3;2*1H;/q-1;;;;. The fourth-order valence-corrected chi connectivity index (χ4v) is 2.88. The first-order valence-corrected chi connectivity index (χ1v) is 8.99. The smallest absolute Gasteiger partial charge is 0.147 e. The van der Waals surface area contributed by atoms with Gasteiger partial charge in [0.1, 0.15) is 0 Å².